The van der Waals surface area contributed by atoms with Gasteiger partial charge >= 0.3 is 0 Å². The molecule has 2 N–H and O–H groups in total. The van der Waals surface area contributed by atoms with Crippen LogP contribution < -0.4 is 19.9 Å². The van der Waals surface area contributed by atoms with Crippen molar-refractivity contribution in [2.24, 2.45) is 5.90 Å². The maximum atomic E-state index is 10.8. The summed E-state index contributed by atoms with van der Waals surface area (Å²) in [6.07, 6.45) is 11.8. The van der Waals surface area contributed by atoms with Crippen LogP contribution >= 0.6 is 0 Å². The summed E-state index contributed by atoms with van der Waals surface area (Å²) in [6.45, 7) is 3.26. The van der Waals surface area contributed by atoms with Gasteiger partial charge in [0.05, 0.1) is 18.1 Å². The van der Waals surface area contributed by atoms with Crippen LogP contribution in [0, 0.1) is 10.1 Å². The first-order chi connectivity index (χ1) is 19.1. The van der Waals surface area contributed by atoms with Crippen molar-refractivity contribution < 1.29 is 28.7 Å². The Morgan fingerprint density at radius 1 is 0.667 bits per heavy atom. The van der Waals surface area contributed by atoms with Crippen LogP contribution in [0.25, 0.3) is 0 Å². The van der Waals surface area contributed by atoms with Crippen molar-refractivity contribution in [3.05, 3.63) is 130 Å². The summed E-state index contributed by atoms with van der Waals surface area (Å²) < 4.78 is 10.2. The summed E-state index contributed by atoms with van der Waals surface area (Å²) in [6, 6.07) is 22.8. The highest BCUT2D eigenvalue weighted by Gasteiger charge is 2.07. The summed E-state index contributed by atoms with van der Waals surface area (Å²) in [5.74, 6) is 5.48. The summed E-state index contributed by atoms with van der Waals surface area (Å²) >= 11 is 0. The highest BCUT2D eigenvalue weighted by Crippen LogP contribution is 2.16. The van der Waals surface area contributed by atoms with Crippen LogP contribution in [-0.4, -0.2) is 18.1 Å². The van der Waals surface area contributed by atoms with Crippen molar-refractivity contribution in [3.63, 3.8) is 0 Å². The first-order valence-corrected chi connectivity index (χ1v) is 13.0. The molecule has 2 heterocycles. The number of nitrogens with zero attached hydrogens (tertiary/aromatic N) is 3. The lowest BCUT2D eigenvalue weighted by molar-refractivity contribution is -0.698. The maximum Gasteiger partial charge on any atom is 0.269 e. The van der Waals surface area contributed by atoms with Gasteiger partial charge in [0, 0.05) is 49.2 Å². The minimum Gasteiger partial charge on any atom is -0.381 e. The van der Waals surface area contributed by atoms with E-state index >= 15 is 0 Å². The van der Waals surface area contributed by atoms with E-state index in [0.29, 0.717) is 5.75 Å². The van der Waals surface area contributed by atoms with E-state index in [1.54, 1.807) is 12.1 Å². The second-order valence-corrected chi connectivity index (χ2v) is 9.31. The standard InChI is InChI=1S/C30H34N4O5/c31-39-38-30-9-5-26(6-10-30)24-28-13-19-33(20-14-28)16-2-22-37-21-1-15-32-17-11-27(12-18-32)23-25-3-7-29(8-4-25)34(35)36/h3-14,17-20H,1-2,15-16,21-24,31H2/q+2. The van der Waals surface area contributed by atoms with Crippen LogP contribution in [0.1, 0.15) is 35.1 Å². The van der Waals surface area contributed by atoms with E-state index in [2.05, 4.69) is 63.2 Å². The first-order valence-electron chi connectivity index (χ1n) is 13.0. The molecule has 39 heavy (non-hydrogen) atoms. The van der Waals surface area contributed by atoms with Crippen LogP contribution in [0.15, 0.2) is 97.6 Å². The van der Waals surface area contributed by atoms with Gasteiger partial charge in [0.1, 0.15) is 0 Å². The van der Waals surface area contributed by atoms with Crippen molar-refractivity contribution in [3.8, 4) is 5.75 Å². The number of pyridine rings is 2. The number of hydrogen-bond donors (Lipinski definition) is 1. The fourth-order valence-electron chi connectivity index (χ4n) is 4.24. The molecular weight excluding hydrogens is 496 g/mol. The SMILES string of the molecule is NOOc1ccc(Cc2cc[n+](CCCOCCC[n+]3ccc(Cc4ccc([N+](=O)[O-])cc4)cc3)cc2)cc1. The summed E-state index contributed by atoms with van der Waals surface area (Å²) in [5, 5.41) is 10.8. The molecule has 0 saturated heterocycles. The van der Waals surface area contributed by atoms with Crippen molar-refractivity contribution in [2.45, 2.75) is 38.8 Å². The molecule has 0 bridgehead atoms. The van der Waals surface area contributed by atoms with E-state index in [4.69, 9.17) is 15.5 Å². The van der Waals surface area contributed by atoms with Gasteiger partial charge in [0.2, 0.25) is 0 Å². The molecule has 0 aliphatic rings. The van der Waals surface area contributed by atoms with E-state index in [9.17, 15) is 10.1 Å². The average Bonchev–Trinajstić information content (AvgIpc) is 2.96. The van der Waals surface area contributed by atoms with Crippen LogP contribution in [0.3, 0.4) is 0 Å². The second-order valence-electron chi connectivity index (χ2n) is 9.31. The Labute approximate surface area is 228 Å². The van der Waals surface area contributed by atoms with E-state index in [1.807, 2.05) is 36.4 Å². The Hall–Kier alpha value is -4.18. The Morgan fingerprint density at radius 2 is 1.10 bits per heavy atom. The van der Waals surface area contributed by atoms with Gasteiger partial charge in [-0.05, 0) is 47.2 Å². The van der Waals surface area contributed by atoms with Crippen LogP contribution in [-0.2, 0) is 35.7 Å². The van der Waals surface area contributed by atoms with E-state index in [-0.39, 0.29) is 10.6 Å². The Kier molecular flexibility index (Phi) is 10.5. The minimum atomic E-state index is -0.377. The van der Waals surface area contributed by atoms with Crippen molar-refractivity contribution >= 4 is 5.69 Å². The Balaban J connectivity index is 1.08. The van der Waals surface area contributed by atoms with Gasteiger partial charge in [-0.1, -0.05) is 29.3 Å². The zero-order chi connectivity index (χ0) is 27.3. The molecule has 0 unspecified atom stereocenters. The second kappa shape index (κ2) is 14.7. The number of hydrogen-bond acceptors (Lipinski definition) is 6. The predicted molar refractivity (Wildman–Crippen MR) is 144 cm³/mol. The highest BCUT2D eigenvalue weighted by molar-refractivity contribution is 5.35. The van der Waals surface area contributed by atoms with E-state index in [1.165, 1.54) is 16.7 Å². The number of nitro groups is 1. The normalized spacial score (nSPS) is 10.9. The lowest BCUT2D eigenvalue weighted by atomic mass is 10.1. The molecule has 0 saturated carbocycles. The fraction of sp³-hybridized carbons (Fsp3) is 0.267. The number of ether oxygens (including phenoxy) is 1. The number of rotatable bonds is 15. The molecular formula is C30H34N4O5+2. The van der Waals surface area contributed by atoms with Crippen molar-refractivity contribution in [1.29, 1.82) is 0 Å². The number of nitro benzene ring substituents is 1. The molecule has 0 spiro atoms. The smallest absolute Gasteiger partial charge is 0.269 e. The molecule has 0 aliphatic carbocycles. The van der Waals surface area contributed by atoms with Gasteiger partial charge in [-0.2, -0.15) is 5.90 Å². The zero-order valence-electron chi connectivity index (χ0n) is 21.9. The molecule has 0 atom stereocenters. The van der Waals surface area contributed by atoms with Gasteiger partial charge in [-0.25, -0.2) is 9.13 Å². The molecule has 2 aromatic heterocycles. The first kappa shape index (κ1) is 27.8. The average molecular weight is 531 g/mol. The van der Waals surface area contributed by atoms with Crippen LogP contribution in [0.2, 0.25) is 0 Å². The van der Waals surface area contributed by atoms with E-state index < -0.39 is 0 Å². The third kappa shape index (κ3) is 9.26. The van der Waals surface area contributed by atoms with Gasteiger partial charge in [-0.3, -0.25) is 10.1 Å². The van der Waals surface area contributed by atoms with Gasteiger partial charge in [0.15, 0.2) is 43.6 Å². The zero-order valence-corrected chi connectivity index (χ0v) is 21.9. The van der Waals surface area contributed by atoms with E-state index in [0.717, 1.165) is 57.6 Å². The lowest BCUT2D eigenvalue weighted by Crippen LogP contribution is -2.34. The molecule has 9 heteroatoms. The highest BCUT2D eigenvalue weighted by atomic mass is 17.3. The molecule has 4 rings (SSSR count). The molecule has 0 amide bonds. The minimum absolute atomic E-state index is 0.116. The molecule has 4 aromatic rings. The lowest BCUT2D eigenvalue weighted by Gasteiger charge is -2.04. The van der Waals surface area contributed by atoms with Crippen LogP contribution in [0.4, 0.5) is 5.69 Å². The molecule has 0 radical (unpaired) electrons. The largest absolute Gasteiger partial charge is 0.381 e. The van der Waals surface area contributed by atoms with Crippen molar-refractivity contribution in [2.75, 3.05) is 13.2 Å². The number of nitrogens with two attached hydrogens (primary N) is 1. The topological polar surface area (TPSA) is 105 Å². The summed E-state index contributed by atoms with van der Waals surface area (Å²) in [7, 11) is 0. The fourth-order valence-corrected chi connectivity index (χ4v) is 4.24. The Morgan fingerprint density at radius 3 is 1.54 bits per heavy atom. The quantitative estimate of drug-likeness (QED) is 0.0818. The molecule has 202 valence electrons. The molecule has 0 fully saturated rings. The maximum absolute atomic E-state index is 10.8. The summed E-state index contributed by atoms with van der Waals surface area (Å²) in [5.41, 5.74) is 4.76. The van der Waals surface area contributed by atoms with Gasteiger partial charge in [-0.15, -0.1) is 0 Å². The monoisotopic (exact) mass is 530 g/mol. The van der Waals surface area contributed by atoms with Gasteiger partial charge < -0.3 is 9.62 Å². The van der Waals surface area contributed by atoms with Crippen molar-refractivity contribution in [1.82, 2.24) is 0 Å². The van der Waals surface area contributed by atoms with Crippen LogP contribution in [0.5, 0.6) is 5.75 Å². The molecule has 2 aromatic carbocycles. The predicted octanol–water partition coefficient (Wildman–Crippen LogP) is 4.03. The molecule has 0 aliphatic heterocycles. The number of aromatic nitrogens is 2. The number of non-ortho nitro benzene ring substituents is 1. The number of aryl methyl sites for hydroxylation is 2. The summed E-state index contributed by atoms with van der Waals surface area (Å²) in [4.78, 5) is 19.4. The third-order valence-corrected chi connectivity index (χ3v) is 6.36. The number of benzene rings is 2. The third-order valence-electron chi connectivity index (χ3n) is 6.36. The molecule has 9 nitrogen and oxygen atoms in total. The Bertz CT molecular complexity index is 1300. The van der Waals surface area contributed by atoms with Gasteiger partial charge in [0.25, 0.3) is 5.69 Å².